The molecule has 104 valence electrons. The average Bonchev–Trinajstić information content (AvgIpc) is 2.13. The molecular formula is C14H26N2O2. The highest BCUT2D eigenvalue weighted by Crippen LogP contribution is 2.12. The lowest BCUT2D eigenvalue weighted by Gasteiger charge is -2.34. The van der Waals surface area contributed by atoms with E-state index in [1.54, 1.807) is 0 Å². The highest BCUT2D eigenvalue weighted by Gasteiger charge is 2.26. The molecule has 1 rings (SSSR count). The first-order valence-corrected chi connectivity index (χ1v) is 6.56. The van der Waals surface area contributed by atoms with Crippen LogP contribution in [0.25, 0.3) is 0 Å². The maximum atomic E-state index is 11.8. The van der Waals surface area contributed by atoms with Crippen molar-refractivity contribution in [3.05, 3.63) is 12.2 Å². The number of rotatable bonds is 3. The molecule has 0 aromatic carbocycles. The highest BCUT2D eigenvalue weighted by atomic mass is 16.6. The van der Waals surface area contributed by atoms with Crippen LogP contribution >= 0.6 is 0 Å². The van der Waals surface area contributed by atoms with Crippen LogP contribution < -0.4 is 5.32 Å². The summed E-state index contributed by atoms with van der Waals surface area (Å²) in [7, 11) is 0. The Bertz CT molecular complexity index is 316. The topological polar surface area (TPSA) is 41.6 Å². The second-order valence-electron chi connectivity index (χ2n) is 6.51. The van der Waals surface area contributed by atoms with Crippen LogP contribution in [0.3, 0.4) is 0 Å². The Balaban J connectivity index is 2.43. The molecule has 0 atom stereocenters. The zero-order valence-electron chi connectivity index (χ0n) is 12.2. The Kier molecular flexibility index (Phi) is 4.79. The van der Waals surface area contributed by atoms with Gasteiger partial charge in [0.25, 0.3) is 0 Å². The summed E-state index contributed by atoms with van der Waals surface area (Å²) < 4.78 is 5.28. The number of hydrogen-bond donors (Lipinski definition) is 1. The van der Waals surface area contributed by atoms with Crippen molar-refractivity contribution >= 4 is 6.09 Å². The Morgan fingerprint density at radius 3 is 2.44 bits per heavy atom. The maximum Gasteiger partial charge on any atom is 0.408 e. The molecule has 0 saturated heterocycles. The van der Waals surface area contributed by atoms with Crippen LogP contribution in [0.15, 0.2) is 12.2 Å². The first-order valence-electron chi connectivity index (χ1n) is 6.56. The Morgan fingerprint density at radius 2 is 1.94 bits per heavy atom. The van der Waals surface area contributed by atoms with E-state index in [4.69, 9.17) is 4.74 Å². The fraction of sp³-hybridized carbons (Fsp3) is 0.786. The molecule has 18 heavy (non-hydrogen) atoms. The zero-order valence-corrected chi connectivity index (χ0v) is 12.2. The third kappa shape index (κ3) is 6.05. The van der Waals surface area contributed by atoms with E-state index in [2.05, 4.69) is 22.4 Å². The number of amides is 1. The summed E-state index contributed by atoms with van der Waals surface area (Å²) in [6, 6.07) is 0. The summed E-state index contributed by atoms with van der Waals surface area (Å²) >= 11 is 0. The largest absolute Gasteiger partial charge is 0.444 e. The van der Waals surface area contributed by atoms with Crippen molar-refractivity contribution in [2.24, 2.45) is 0 Å². The average molecular weight is 254 g/mol. The minimum Gasteiger partial charge on any atom is -0.444 e. The molecule has 4 nitrogen and oxygen atoms in total. The van der Waals surface area contributed by atoms with Crippen LogP contribution in [-0.2, 0) is 4.74 Å². The van der Waals surface area contributed by atoms with Crippen molar-refractivity contribution in [1.82, 2.24) is 10.2 Å². The van der Waals surface area contributed by atoms with Gasteiger partial charge in [0.1, 0.15) is 5.60 Å². The normalized spacial score (nSPS) is 17.6. The van der Waals surface area contributed by atoms with Crippen LogP contribution in [0.4, 0.5) is 4.79 Å². The van der Waals surface area contributed by atoms with Gasteiger partial charge in [0.2, 0.25) is 0 Å². The molecule has 0 bridgehead atoms. The molecule has 0 aromatic rings. The van der Waals surface area contributed by atoms with E-state index >= 15 is 0 Å². The van der Waals surface area contributed by atoms with Crippen LogP contribution in [0, 0.1) is 0 Å². The lowest BCUT2D eigenvalue weighted by atomic mass is 10.0. The molecule has 1 aliphatic rings. The van der Waals surface area contributed by atoms with E-state index in [0.717, 1.165) is 26.1 Å². The van der Waals surface area contributed by atoms with E-state index < -0.39 is 5.60 Å². The van der Waals surface area contributed by atoms with Crippen molar-refractivity contribution in [3.63, 3.8) is 0 Å². The molecule has 0 radical (unpaired) electrons. The van der Waals surface area contributed by atoms with Gasteiger partial charge in [-0.15, -0.1) is 0 Å². The summed E-state index contributed by atoms with van der Waals surface area (Å²) in [6.07, 6.45) is 5.11. The van der Waals surface area contributed by atoms with Gasteiger partial charge in [-0.05, 0) is 41.0 Å². The van der Waals surface area contributed by atoms with Crippen molar-refractivity contribution in [2.75, 3.05) is 19.6 Å². The Morgan fingerprint density at radius 1 is 1.28 bits per heavy atom. The molecule has 1 heterocycles. The van der Waals surface area contributed by atoms with Crippen molar-refractivity contribution in [2.45, 2.75) is 52.2 Å². The monoisotopic (exact) mass is 254 g/mol. The third-order valence-electron chi connectivity index (χ3n) is 2.60. The number of nitrogens with zero attached hydrogens (tertiary/aromatic N) is 1. The third-order valence-corrected chi connectivity index (χ3v) is 2.60. The SMILES string of the molecule is CC(C)(CN1CC=CCC1)NC(=O)OC(C)(C)C. The second-order valence-corrected chi connectivity index (χ2v) is 6.51. The Labute approximate surface area is 110 Å². The van der Waals surface area contributed by atoms with Gasteiger partial charge in [-0.2, -0.15) is 0 Å². The van der Waals surface area contributed by atoms with Gasteiger partial charge >= 0.3 is 6.09 Å². The zero-order chi connectivity index (χ0) is 13.8. The van der Waals surface area contributed by atoms with Gasteiger partial charge in [0, 0.05) is 19.6 Å². The predicted octanol–water partition coefficient (Wildman–Crippen LogP) is 2.55. The van der Waals surface area contributed by atoms with E-state index in [0.29, 0.717) is 0 Å². The maximum absolute atomic E-state index is 11.8. The van der Waals surface area contributed by atoms with E-state index in [1.165, 1.54) is 0 Å². The van der Waals surface area contributed by atoms with Crippen molar-refractivity contribution in [1.29, 1.82) is 0 Å². The minimum absolute atomic E-state index is 0.284. The molecular weight excluding hydrogens is 228 g/mol. The molecule has 0 aliphatic carbocycles. The fourth-order valence-electron chi connectivity index (χ4n) is 2.01. The van der Waals surface area contributed by atoms with Crippen LogP contribution in [0.2, 0.25) is 0 Å². The number of nitrogens with one attached hydrogen (secondary N) is 1. The van der Waals surface area contributed by atoms with Crippen molar-refractivity contribution < 1.29 is 9.53 Å². The number of hydrogen-bond acceptors (Lipinski definition) is 3. The quantitative estimate of drug-likeness (QED) is 0.787. The van der Waals surface area contributed by atoms with Crippen molar-refractivity contribution in [3.8, 4) is 0 Å². The molecule has 0 aromatic heterocycles. The van der Waals surface area contributed by atoms with Gasteiger partial charge in [-0.1, -0.05) is 12.2 Å². The summed E-state index contributed by atoms with van der Waals surface area (Å²) in [5, 5.41) is 2.93. The van der Waals surface area contributed by atoms with Gasteiger partial charge in [0.05, 0.1) is 5.54 Å². The number of carbonyl (C=O) groups excluding carboxylic acids is 1. The smallest absolute Gasteiger partial charge is 0.408 e. The molecule has 0 fully saturated rings. The summed E-state index contributed by atoms with van der Waals surface area (Å²) in [5.41, 5.74) is -0.735. The molecule has 1 amide bonds. The van der Waals surface area contributed by atoms with E-state index in [9.17, 15) is 4.79 Å². The lowest BCUT2D eigenvalue weighted by Crippen LogP contribution is -2.53. The molecule has 4 heteroatoms. The first-order chi connectivity index (χ1) is 8.18. The first kappa shape index (κ1) is 15.0. The second kappa shape index (κ2) is 5.74. The van der Waals surface area contributed by atoms with E-state index in [-0.39, 0.29) is 11.6 Å². The van der Waals surface area contributed by atoms with Crippen LogP contribution in [-0.4, -0.2) is 41.8 Å². The van der Waals surface area contributed by atoms with Gasteiger partial charge in [0.15, 0.2) is 0 Å². The summed E-state index contributed by atoms with van der Waals surface area (Å²) in [6.45, 7) is 12.5. The molecule has 0 spiro atoms. The van der Waals surface area contributed by atoms with E-state index in [1.807, 2.05) is 34.6 Å². The van der Waals surface area contributed by atoms with Crippen LogP contribution in [0.5, 0.6) is 0 Å². The van der Waals surface area contributed by atoms with Gasteiger partial charge in [-0.3, -0.25) is 4.90 Å². The highest BCUT2D eigenvalue weighted by molar-refractivity contribution is 5.68. The summed E-state index contributed by atoms with van der Waals surface area (Å²) in [5.74, 6) is 0. The number of ether oxygens (including phenoxy) is 1. The lowest BCUT2D eigenvalue weighted by molar-refractivity contribution is 0.0450. The molecule has 0 unspecified atom stereocenters. The van der Waals surface area contributed by atoms with Crippen LogP contribution in [0.1, 0.15) is 41.0 Å². The molecule has 1 aliphatic heterocycles. The van der Waals surface area contributed by atoms with Gasteiger partial charge in [-0.25, -0.2) is 4.79 Å². The fourth-order valence-corrected chi connectivity index (χ4v) is 2.01. The number of carbonyl (C=O) groups is 1. The molecule has 0 saturated carbocycles. The van der Waals surface area contributed by atoms with Gasteiger partial charge < -0.3 is 10.1 Å². The number of alkyl carbamates (subject to hydrolysis) is 1. The minimum atomic E-state index is -0.450. The molecule has 1 N–H and O–H groups in total. The summed E-state index contributed by atoms with van der Waals surface area (Å²) in [4.78, 5) is 14.1. The Hall–Kier alpha value is -1.03. The predicted molar refractivity (Wildman–Crippen MR) is 73.6 cm³/mol. The standard InChI is InChI=1S/C14H26N2O2/c1-13(2,3)18-12(17)15-14(4,5)11-16-9-7-6-8-10-16/h6-7H,8-11H2,1-5H3,(H,15,17).